The minimum absolute atomic E-state index is 0.146. The highest BCUT2D eigenvalue weighted by Crippen LogP contribution is 2.40. The predicted molar refractivity (Wildman–Crippen MR) is 98.8 cm³/mol. The van der Waals surface area contributed by atoms with Crippen molar-refractivity contribution in [3.05, 3.63) is 11.6 Å². The first kappa shape index (κ1) is 19.9. The molecule has 0 saturated carbocycles. The molecular weight excluding hydrogens is 314 g/mol. The normalized spacial score (nSPS) is 27.6. The zero-order valence-electron chi connectivity index (χ0n) is 16.0. The third-order valence-corrected chi connectivity index (χ3v) is 5.70. The van der Waals surface area contributed by atoms with Crippen molar-refractivity contribution in [2.24, 2.45) is 23.7 Å². The molecule has 0 aromatic rings. The van der Waals surface area contributed by atoms with Crippen molar-refractivity contribution in [3.63, 3.8) is 0 Å². The Morgan fingerprint density at radius 2 is 2.16 bits per heavy atom. The molecule has 5 heteroatoms. The molecule has 0 spiro atoms. The summed E-state index contributed by atoms with van der Waals surface area (Å²) < 4.78 is 5.34. The molecule has 0 bridgehead atoms. The van der Waals surface area contributed by atoms with E-state index in [9.17, 15) is 4.79 Å². The molecule has 25 heavy (non-hydrogen) atoms. The van der Waals surface area contributed by atoms with Crippen molar-refractivity contribution in [1.82, 2.24) is 10.2 Å². The van der Waals surface area contributed by atoms with Gasteiger partial charge in [-0.15, -0.1) is 0 Å². The third kappa shape index (κ3) is 6.13. The Balaban J connectivity index is 1.80. The Labute approximate surface area is 152 Å². The second-order valence-electron chi connectivity index (χ2n) is 7.79. The molecule has 3 atom stereocenters. The van der Waals surface area contributed by atoms with E-state index in [1.807, 2.05) is 0 Å². The van der Waals surface area contributed by atoms with Gasteiger partial charge in [-0.3, -0.25) is 9.69 Å². The highest BCUT2D eigenvalue weighted by Gasteiger charge is 2.32. The maximum Gasteiger partial charge on any atom is 0.220 e. The van der Waals surface area contributed by atoms with Crippen LogP contribution >= 0.6 is 0 Å². The Hall–Kier alpha value is -1.38. The number of nitrogens with zero attached hydrogens (tertiary/aromatic N) is 2. The summed E-state index contributed by atoms with van der Waals surface area (Å²) in [5.41, 5.74) is 1.28. The number of hydrogen-bond donors (Lipinski definition) is 1. The van der Waals surface area contributed by atoms with Crippen LogP contribution in [0.2, 0.25) is 0 Å². The Kier molecular flexibility index (Phi) is 7.92. The van der Waals surface area contributed by atoms with Gasteiger partial charge in [0.2, 0.25) is 5.91 Å². The number of carbonyl (C=O) groups excluding carboxylic acids is 1. The molecule has 1 saturated heterocycles. The standard InChI is InChI=1S/C20H33N3O2/c1-15(2)19-13-18(16(3)12-17(19)4-5-21)14-20(24)22-6-7-23-8-10-25-11-9-23/h12,15,17-19H,4,6-11,13-14H2,1-3H3,(H,22,24)/t17-,18+,19+/m1/s1. The SMILES string of the molecule is CC1=C[C@@H](CC#N)[C@H](C(C)C)C[C@H]1CC(=O)NCCN1CCOCC1. The highest BCUT2D eigenvalue weighted by molar-refractivity contribution is 5.76. The molecule has 1 aliphatic carbocycles. The van der Waals surface area contributed by atoms with Gasteiger partial charge in [-0.2, -0.15) is 5.26 Å². The Morgan fingerprint density at radius 3 is 2.80 bits per heavy atom. The van der Waals surface area contributed by atoms with Gasteiger partial charge in [-0.1, -0.05) is 25.5 Å². The topological polar surface area (TPSA) is 65.4 Å². The average Bonchev–Trinajstić information content (AvgIpc) is 2.58. The summed E-state index contributed by atoms with van der Waals surface area (Å²) in [4.78, 5) is 14.7. The molecular formula is C20H33N3O2. The van der Waals surface area contributed by atoms with Gasteiger partial charge >= 0.3 is 0 Å². The minimum Gasteiger partial charge on any atom is -0.379 e. The number of hydrogen-bond acceptors (Lipinski definition) is 4. The molecule has 0 radical (unpaired) electrons. The second kappa shape index (κ2) is 9.94. The molecule has 2 aliphatic rings. The van der Waals surface area contributed by atoms with Crippen LogP contribution in [0.3, 0.4) is 0 Å². The fourth-order valence-corrected chi connectivity index (χ4v) is 4.09. The van der Waals surface area contributed by atoms with Crippen LogP contribution in [0.1, 0.15) is 40.0 Å². The molecule has 1 heterocycles. The molecule has 1 N–H and O–H groups in total. The molecule has 0 aromatic heterocycles. The molecule has 1 amide bonds. The van der Waals surface area contributed by atoms with Crippen LogP contribution in [0.4, 0.5) is 0 Å². The molecule has 140 valence electrons. The van der Waals surface area contributed by atoms with E-state index in [0.29, 0.717) is 43.1 Å². The van der Waals surface area contributed by atoms with E-state index in [-0.39, 0.29) is 5.91 Å². The van der Waals surface area contributed by atoms with Crippen molar-refractivity contribution in [1.29, 1.82) is 5.26 Å². The first-order valence-corrected chi connectivity index (χ1v) is 9.63. The number of morpholine rings is 1. The van der Waals surface area contributed by atoms with E-state index in [0.717, 1.165) is 39.3 Å². The first-order chi connectivity index (χ1) is 12.0. The summed E-state index contributed by atoms with van der Waals surface area (Å²) in [5.74, 6) is 1.83. The lowest BCUT2D eigenvalue weighted by Crippen LogP contribution is -2.41. The smallest absolute Gasteiger partial charge is 0.220 e. The summed E-state index contributed by atoms with van der Waals surface area (Å²) in [7, 11) is 0. The van der Waals surface area contributed by atoms with Gasteiger partial charge < -0.3 is 10.1 Å². The summed E-state index contributed by atoms with van der Waals surface area (Å²) in [6.45, 7) is 11.7. The lowest BCUT2D eigenvalue weighted by molar-refractivity contribution is -0.122. The maximum absolute atomic E-state index is 12.3. The third-order valence-electron chi connectivity index (χ3n) is 5.70. The summed E-state index contributed by atoms with van der Waals surface area (Å²) in [5, 5.41) is 12.1. The molecule has 2 rings (SSSR count). The fourth-order valence-electron chi connectivity index (χ4n) is 4.09. The fraction of sp³-hybridized carbons (Fsp3) is 0.800. The number of amides is 1. The molecule has 1 aliphatic heterocycles. The van der Waals surface area contributed by atoms with Crippen LogP contribution in [-0.4, -0.2) is 50.2 Å². The van der Waals surface area contributed by atoms with Crippen LogP contribution in [0.5, 0.6) is 0 Å². The number of carbonyl (C=O) groups is 1. The molecule has 5 nitrogen and oxygen atoms in total. The van der Waals surface area contributed by atoms with Crippen LogP contribution in [0.15, 0.2) is 11.6 Å². The van der Waals surface area contributed by atoms with E-state index in [4.69, 9.17) is 10.00 Å². The quantitative estimate of drug-likeness (QED) is 0.719. The van der Waals surface area contributed by atoms with Crippen molar-refractivity contribution < 1.29 is 9.53 Å². The van der Waals surface area contributed by atoms with Crippen LogP contribution in [0.25, 0.3) is 0 Å². The number of rotatable bonds is 7. The lowest BCUT2D eigenvalue weighted by atomic mass is 9.69. The van der Waals surface area contributed by atoms with Gasteiger partial charge in [-0.05, 0) is 37.0 Å². The monoisotopic (exact) mass is 347 g/mol. The number of nitriles is 1. The van der Waals surface area contributed by atoms with Crippen molar-refractivity contribution >= 4 is 5.91 Å². The molecule has 0 aromatic carbocycles. The summed E-state index contributed by atoms with van der Waals surface area (Å²) in [6, 6.07) is 2.32. The maximum atomic E-state index is 12.3. The largest absolute Gasteiger partial charge is 0.379 e. The van der Waals surface area contributed by atoms with Gasteiger partial charge in [-0.25, -0.2) is 0 Å². The minimum atomic E-state index is 0.146. The van der Waals surface area contributed by atoms with E-state index < -0.39 is 0 Å². The first-order valence-electron chi connectivity index (χ1n) is 9.63. The van der Waals surface area contributed by atoms with Crippen LogP contribution in [-0.2, 0) is 9.53 Å². The zero-order chi connectivity index (χ0) is 18.2. The van der Waals surface area contributed by atoms with Crippen molar-refractivity contribution in [2.75, 3.05) is 39.4 Å². The van der Waals surface area contributed by atoms with Crippen molar-refractivity contribution in [2.45, 2.75) is 40.0 Å². The number of nitrogens with one attached hydrogen (secondary N) is 1. The molecule has 1 fully saturated rings. The lowest BCUT2D eigenvalue weighted by Gasteiger charge is -2.36. The molecule has 0 unspecified atom stereocenters. The summed E-state index contributed by atoms with van der Waals surface area (Å²) >= 11 is 0. The van der Waals surface area contributed by atoms with Gasteiger partial charge in [0.1, 0.15) is 0 Å². The van der Waals surface area contributed by atoms with Gasteiger partial charge in [0.25, 0.3) is 0 Å². The predicted octanol–water partition coefficient (Wildman–Crippen LogP) is 2.59. The average molecular weight is 348 g/mol. The van der Waals surface area contributed by atoms with Gasteiger partial charge in [0, 0.05) is 39.0 Å². The van der Waals surface area contributed by atoms with E-state index >= 15 is 0 Å². The Bertz CT molecular complexity index is 504. The van der Waals surface area contributed by atoms with E-state index in [1.165, 1.54) is 5.57 Å². The number of allylic oxidation sites excluding steroid dienone is 2. The van der Waals surface area contributed by atoms with Gasteiger partial charge in [0.05, 0.1) is 19.3 Å². The van der Waals surface area contributed by atoms with E-state index in [2.05, 4.69) is 43.1 Å². The van der Waals surface area contributed by atoms with Crippen molar-refractivity contribution in [3.8, 4) is 6.07 Å². The van der Waals surface area contributed by atoms with Gasteiger partial charge in [0.15, 0.2) is 0 Å². The van der Waals surface area contributed by atoms with E-state index in [1.54, 1.807) is 0 Å². The highest BCUT2D eigenvalue weighted by atomic mass is 16.5. The van der Waals surface area contributed by atoms with Crippen LogP contribution < -0.4 is 5.32 Å². The van der Waals surface area contributed by atoms with Crippen LogP contribution in [0, 0.1) is 35.0 Å². The number of ether oxygens (including phenoxy) is 1. The zero-order valence-corrected chi connectivity index (χ0v) is 16.0. The summed E-state index contributed by atoms with van der Waals surface area (Å²) in [6.07, 6.45) is 4.42. The Morgan fingerprint density at radius 1 is 1.44 bits per heavy atom. The second-order valence-corrected chi connectivity index (χ2v) is 7.79.